The predicted molar refractivity (Wildman–Crippen MR) is 63.1 cm³/mol. The van der Waals surface area contributed by atoms with Crippen LogP contribution in [0.5, 0.6) is 0 Å². The molecule has 15 heavy (non-hydrogen) atoms. The van der Waals surface area contributed by atoms with Crippen molar-refractivity contribution in [1.82, 2.24) is 0 Å². The largest absolute Gasteiger partial charge is 0.480 e. The number of thiocarbonyl (C=S) groups is 1. The minimum absolute atomic E-state index is 0.316. The molecule has 1 rings (SSSR count). The number of rotatable bonds is 4. The van der Waals surface area contributed by atoms with Gasteiger partial charge in [0.1, 0.15) is 11.1 Å². The Morgan fingerprint density at radius 3 is 2.47 bits per heavy atom. The minimum atomic E-state index is -1.06. The lowest BCUT2D eigenvalue weighted by atomic mass is 10.1. The van der Waals surface area contributed by atoms with Gasteiger partial charge in [0.25, 0.3) is 0 Å². The summed E-state index contributed by atoms with van der Waals surface area (Å²) in [5.41, 5.74) is 0.779. The van der Waals surface area contributed by atoms with Crippen LogP contribution in [0.3, 0.4) is 0 Å². The van der Waals surface area contributed by atoms with Crippen LogP contribution in [0.25, 0.3) is 0 Å². The van der Waals surface area contributed by atoms with Gasteiger partial charge < -0.3 is 5.11 Å². The van der Waals surface area contributed by atoms with Crippen LogP contribution >= 0.6 is 24.8 Å². The van der Waals surface area contributed by atoms with Crippen molar-refractivity contribution in [2.24, 2.45) is 0 Å². The Balaban J connectivity index is 2.66. The second kappa shape index (κ2) is 5.23. The molecule has 1 aromatic rings. The third-order valence-electron chi connectivity index (χ3n) is 1.83. The highest BCUT2D eigenvalue weighted by Gasteiger charge is 2.17. The van der Waals surface area contributed by atoms with Crippen molar-refractivity contribution in [3.8, 4) is 0 Å². The number of benzene rings is 1. The molecule has 0 bridgehead atoms. The Hall–Kier alpha value is -0.940. The molecule has 0 amide bonds. The third-order valence-corrected chi connectivity index (χ3v) is 2.92. The number of carbonyl (C=O) groups is 1. The Labute approximate surface area is 97.5 Å². The molecule has 0 saturated carbocycles. The van der Waals surface area contributed by atoms with Crippen molar-refractivity contribution < 1.29 is 14.3 Å². The monoisotopic (exact) mass is 244 g/mol. The lowest BCUT2D eigenvalue weighted by Crippen LogP contribution is -2.24. The van der Waals surface area contributed by atoms with Crippen molar-refractivity contribution in [3.05, 3.63) is 35.6 Å². The number of hydrogen-bond acceptors (Lipinski definition) is 3. The van der Waals surface area contributed by atoms with Crippen LogP contribution in [-0.2, 0) is 11.2 Å². The highest BCUT2D eigenvalue weighted by atomic mass is 32.1. The summed E-state index contributed by atoms with van der Waals surface area (Å²) in [7, 11) is 0. The molecule has 1 aromatic carbocycles. The van der Waals surface area contributed by atoms with E-state index in [1.807, 2.05) is 0 Å². The Morgan fingerprint density at radius 2 is 2.00 bits per heavy atom. The van der Waals surface area contributed by atoms with Crippen LogP contribution in [0, 0.1) is 5.82 Å². The average molecular weight is 244 g/mol. The van der Waals surface area contributed by atoms with Crippen molar-refractivity contribution in [1.29, 1.82) is 0 Å². The van der Waals surface area contributed by atoms with Crippen molar-refractivity contribution >= 4 is 35.7 Å². The molecule has 80 valence electrons. The molecule has 0 aliphatic heterocycles. The van der Waals surface area contributed by atoms with E-state index >= 15 is 0 Å². The molecule has 1 N–H and O–H groups in total. The molecule has 0 spiro atoms. The highest BCUT2D eigenvalue weighted by Crippen LogP contribution is 2.09. The molecule has 2 nitrogen and oxygen atoms in total. The van der Waals surface area contributed by atoms with E-state index < -0.39 is 11.2 Å². The first-order chi connectivity index (χ1) is 7.00. The maximum Gasteiger partial charge on any atom is 0.321 e. The van der Waals surface area contributed by atoms with Gasteiger partial charge in [0.15, 0.2) is 0 Å². The highest BCUT2D eigenvalue weighted by molar-refractivity contribution is 7.87. The molecule has 0 radical (unpaired) electrons. The number of carboxylic acid groups (broad SMARTS) is 1. The van der Waals surface area contributed by atoms with E-state index in [0.29, 0.717) is 11.3 Å². The zero-order valence-corrected chi connectivity index (χ0v) is 9.39. The lowest BCUT2D eigenvalue weighted by Gasteiger charge is -2.07. The molecular weight excluding hydrogens is 235 g/mol. The number of thiol groups is 1. The summed E-state index contributed by atoms with van der Waals surface area (Å²) in [5, 5.41) is 7.70. The molecular formula is C10H9FO2S2. The van der Waals surface area contributed by atoms with Gasteiger partial charge in [-0.05, 0) is 17.7 Å². The predicted octanol–water partition coefficient (Wildman–Crippen LogP) is 2.12. The zero-order valence-electron chi connectivity index (χ0n) is 7.68. The molecule has 1 atom stereocenters. The van der Waals surface area contributed by atoms with Gasteiger partial charge in [0.05, 0.1) is 0 Å². The Morgan fingerprint density at radius 1 is 1.47 bits per heavy atom. The van der Waals surface area contributed by atoms with Crippen molar-refractivity contribution in [2.75, 3.05) is 0 Å². The van der Waals surface area contributed by atoms with Crippen molar-refractivity contribution in [2.45, 2.75) is 11.7 Å². The van der Waals surface area contributed by atoms with Crippen LogP contribution < -0.4 is 0 Å². The quantitative estimate of drug-likeness (QED) is 0.629. The molecule has 0 aromatic heterocycles. The molecule has 0 heterocycles. The van der Waals surface area contributed by atoms with Gasteiger partial charge in [-0.2, -0.15) is 12.6 Å². The maximum absolute atomic E-state index is 12.6. The van der Waals surface area contributed by atoms with Crippen LogP contribution in [0.2, 0.25) is 0 Å². The second-order valence-electron chi connectivity index (χ2n) is 3.01. The van der Waals surface area contributed by atoms with Gasteiger partial charge in [0, 0.05) is 11.3 Å². The van der Waals surface area contributed by atoms with Crippen LogP contribution in [-0.4, -0.2) is 21.2 Å². The molecule has 0 fully saturated rings. The van der Waals surface area contributed by atoms with E-state index in [-0.39, 0.29) is 5.82 Å². The second-order valence-corrected chi connectivity index (χ2v) is 4.05. The van der Waals surface area contributed by atoms with Gasteiger partial charge in [-0.25, -0.2) is 4.39 Å². The Bertz CT molecular complexity index is 376. The van der Waals surface area contributed by atoms with E-state index in [1.54, 1.807) is 12.1 Å². The van der Waals surface area contributed by atoms with Crippen LogP contribution in [0.15, 0.2) is 24.3 Å². The molecule has 5 heteroatoms. The topological polar surface area (TPSA) is 37.3 Å². The first-order valence-corrected chi connectivity index (χ1v) is 5.11. The first-order valence-electron chi connectivity index (χ1n) is 4.18. The SMILES string of the molecule is O=C(O)C(S)C(=S)Cc1ccc(F)cc1. The average Bonchev–Trinajstić information content (AvgIpc) is 2.20. The summed E-state index contributed by atoms with van der Waals surface area (Å²) < 4.78 is 12.6. The van der Waals surface area contributed by atoms with Crippen LogP contribution in [0.1, 0.15) is 5.56 Å². The van der Waals surface area contributed by atoms with E-state index in [2.05, 4.69) is 12.6 Å². The lowest BCUT2D eigenvalue weighted by molar-refractivity contribution is -0.135. The van der Waals surface area contributed by atoms with E-state index in [9.17, 15) is 9.18 Å². The number of halogens is 1. The fourth-order valence-corrected chi connectivity index (χ4v) is 1.40. The molecule has 0 aliphatic carbocycles. The normalized spacial score (nSPS) is 12.1. The molecule has 0 saturated heterocycles. The fraction of sp³-hybridized carbons (Fsp3) is 0.200. The number of aliphatic carboxylic acids is 1. The Kier molecular flexibility index (Phi) is 4.23. The van der Waals surface area contributed by atoms with E-state index in [1.165, 1.54) is 12.1 Å². The van der Waals surface area contributed by atoms with Crippen LogP contribution in [0.4, 0.5) is 4.39 Å². The summed E-state index contributed by atoms with van der Waals surface area (Å²) in [4.78, 5) is 10.9. The molecule has 0 aliphatic rings. The first kappa shape index (κ1) is 12.1. The number of carboxylic acids is 1. The van der Waals surface area contributed by atoms with Gasteiger partial charge in [0.2, 0.25) is 0 Å². The third kappa shape index (κ3) is 3.60. The van der Waals surface area contributed by atoms with E-state index in [0.717, 1.165) is 5.56 Å². The summed E-state index contributed by atoms with van der Waals surface area (Å²) in [6, 6.07) is 5.77. The summed E-state index contributed by atoms with van der Waals surface area (Å²) in [6.07, 6.45) is 0.316. The standard InChI is InChI=1S/C10H9FO2S2/c11-7-3-1-6(2-4-7)5-8(14)9(15)10(12)13/h1-4,9,15H,5H2,(H,12,13). The van der Waals surface area contributed by atoms with Gasteiger partial charge in [-0.1, -0.05) is 24.4 Å². The van der Waals surface area contributed by atoms with E-state index in [4.69, 9.17) is 17.3 Å². The van der Waals surface area contributed by atoms with Gasteiger partial charge in [-0.3, -0.25) is 4.79 Å². The van der Waals surface area contributed by atoms with Gasteiger partial charge >= 0.3 is 5.97 Å². The molecule has 1 unspecified atom stereocenters. The maximum atomic E-state index is 12.6. The van der Waals surface area contributed by atoms with Gasteiger partial charge in [-0.15, -0.1) is 0 Å². The summed E-state index contributed by atoms with van der Waals surface area (Å²) in [6.45, 7) is 0. The smallest absolute Gasteiger partial charge is 0.321 e. The number of hydrogen-bond donors (Lipinski definition) is 2. The van der Waals surface area contributed by atoms with Crippen molar-refractivity contribution in [3.63, 3.8) is 0 Å². The summed E-state index contributed by atoms with van der Waals surface area (Å²) in [5.74, 6) is -1.39. The summed E-state index contributed by atoms with van der Waals surface area (Å²) >= 11 is 8.77. The fourth-order valence-electron chi connectivity index (χ4n) is 1.04. The minimum Gasteiger partial charge on any atom is -0.480 e. The zero-order chi connectivity index (χ0) is 11.4.